The molecule has 2 unspecified atom stereocenters. The molecular weight excluding hydrogens is 278 g/mol. The minimum atomic E-state index is -0.0260. The molecule has 0 radical (unpaired) electrons. The number of halogens is 1. The van der Waals surface area contributed by atoms with Crippen LogP contribution in [0.2, 0.25) is 4.34 Å². The zero-order chi connectivity index (χ0) is 12.4. The molecule has 2 heterocycles. The molecule has 0 spiro atoms. The highest BCUT2D eigenvalue weighted by Gasteiger charge is 2.22. The van der Waals surface area contributed by atoms with E-state index in [4.69, 9.17) is 21.8 Å². The molecule has 92 valence electrons. The number of hydrogen-bond donors (Lipinski definition) is 1. The Hall–Kier alpha value is -0.560. The maximum absolute atomic E-state index is 5.99. The van der Waals surface area contributed by atoms with Gasteiger partial charge in [-0.25, -0.2) is 0 Å². The lowest BCUT2D eigenvalue weighted by Gasteiger charge is -2.16. The number of thioether (sulfide) groups is 1. The largest absolute Gasteiger partial charge is 0.416 e. The van der Waals surface area contributed by atoms with Crippen LogP contribution in [0.25, 0.3) is 0 Å². The molecule has 2 aromatic heterocycles. The molecule has 0 aliphatic heterocycles. The summed E-state index contributed by atoms with van der Waals surface area (Å²) in [5.74, 6) is 0.556. The van der Waals surface area contributed by atoms with Crippen molar-refractivity contribution in [3.63, 3.8) is 0 Å². The van der Waals surface area contributed by atoms with Crippen molar-refractivity contribution in [2.75, 3.05) is 0 Å². The van der Waals surface area contributed by atoms with Crippen LogP contribution in [-0.2, 0) is 0 Å². The third-order valence-electron chi connectivity index (χ3n) is 2.09. The Morgan fingerprint density at radius 1 is 1.47 bits per heavy atom. The summed E-state index contributed by atoms with van der Waals surface area (Å²) in [5, 5.41) is 8.37. The second-order valence-corrected chi connectivity index (χ2v) is 6.47. The topological polar surface area (TPSA) is 64.9 Å². The van der Waals surface area contributed by atoms with Crippen molar-refractivity contribution in [1.82, 2.24) is 10.2 Å². The summed E-state index contributed by atoms with van der Waals surface area (Å²) >= 11 is 8.93. The fourth-order valence-corrected chi connectivity index (χ4v) is 3.67. The number of aromatic nitrogens is 2. The van der Waals surface area contributed by atoms with Crippen molar-refractivity contribution in [2.24, 2.45) is 5.73 Å². The Bertz CT molecular complexity index is 497. The van der Waals surface area contributed by atoms with E-state index >= 15 is 0 Å². The zero-order valence-corrected chi connectivity index (χ0v) is 11.8. The molecule has 0 aliphatic carbocycles. The molecule has 0 aromatic carbocycles. The van der Waals surface area contributed by atoms with Crippen molar-refractivity contribution in [3.05, 3.63) is 27.2 Å². The first-order valence-corrected chi connectivity index (χ1v) is 7.11. The molecule has 0 saturated heterocycles. The average molecular weight is 290 g/mol. The lowest BCUT2D eigenvalue weighted by molar-refractivity contribution is 0.428. The third kappa shape index (κ3) is 3.22. The van der Waals surface area contributed by atoms with Gasteiger partial charge in [-0.2, -0.15) is 0 Å². The summed E-state index contributed by atoms with van der Waals surface area (Å²) < 4.78 is 6.11. The van der Waals surface area contributed by atoms with Crippen LogP contribution in [0.15, 0.2) is 21.8 Å². The molecule has 2 N–H and O–H groups in total. The van der Waals surface area contributed by atoms with Gasteiger partial charge in [0, 0.05) is 17.8 Å². The van der Waals surface area contributed by atoms with Gasteiger partial charge in [0.25, 0.3) is 5.22 Å². The SMILES string of the molecule is Cc1nnc(SC(c2ccc(Cl)s2)C(C)N)o1. The Balaban J connectivity index is 2.18. The van der Waals surface area contributed by atoms with Gasteiger partial charge in [-0.3, -0.25) is 0 Å². The third-order valence-corrected chi connectivity index (χ3v) is 4.85. The standard InChI is InChI=1S/C10H12ClN3OS2/c1-5(12)9(7-3-4-8(11)16-7)17-10-14-13-6(2)15-10/h3-5,9H,12H2,1-2H3. The van der Waals surface area contributed by atoms with Crippen molar-refractivity contribution < 1.29 is 4.42 Å². The van der Waals surface area contributed by atoms with Crippen molar-refractivity contribution in [3.8, 4) is 0 Å². The molecule has 2 atom stereocenters. The zero-order valence-electron chi connectivity index (χ0n) is 9.38. The minimum Gasteiger partial charge on any atom is -0.416 e. The molecule has 4 nitrogen and oxygen atoms in total. The van der Waals surface area contributed by atoms with E-state index in [-0.39, 0.29) is 11.3 Å². The van der Waals surface area contributed by atoms with E-state index in [2.05, 4.69) is 10.2 Å². The summed E-state index contributed by atoms with van der Waals surface area (Å²) in [5.41, 5.74) is 5.99. The smallest absolute Gasteiger partial charge is 0.277 e. The van der Waals surface area contributed by atoms with Crippen LogP contribution in [0, 0.1) is 6.92 Å². The van der Waals surface area contributed by atoms with Gasteiger partial charge in [-0.15, -0.1) is 21.5 Å². The van der Waals surface area contributed by atoms with Crippen LogP contribution in [0.3, 0.4) is 0 Å². The lowest BCUT2D eigenvalue weighted by atomic mass is 10.2. The van der Waals surface area contributed by atoms with E-state index in [1.807, 2.05) is 19.1 Å². The Kier molecular flexibility index (Phi) is 4.09. The van der Waals surface area contributed by atoms with E-state index in [1.165, 1.54) is 23.1 Å². The van der Waals surface area contributed by atoms with Crippen molar-refractivity contribution in [2.45, 2.75) is 30.4 Å². The van der Waals surface area contributed by atoms with Gasteiger partial charge in [-0.1, -0.05) is 23.4 Å². The number of nitrogens with two attached hydrogens (primary N) is 1. The van der Waals surface area contributed by atoms with Crippen LogP contribution in [0.4, 0.5) is 0 Å². The highest BCUT2D eigenvalue weighted by molar-refractivity contribution is 7.99. The summed E-state index contributed by atoms with van der Waals surface area (Å²) in [4.78, 5) is 1.12. The first-order valence-electron chi connectivity index (χ1n) is 5.04. The first kappa shape index (κ1) is 12.9. The van der Waals surface area contributed by atoms with Gasteiger partial charge in [0.05, 0.1) is 9.59 Å². The van der Waals surface area contributed by atoms with E-state index in [9.17, 15) is 0 Å². The van der Waals surface area contributed by atoms with Crippen LogP contribution in [0.5, 0.6) is 0 Å². The van der Waals surface area contributed by atoms with Gasteiger partial charge in [-0.05, 0) is 19.1 Å². The molecule has 0 aliphatic rings. The summed E-state index contributed by atoms with van der Waals surface area (Å²) in [6.45, 7) is 3.72. The predicted octanol–water partition coefficient (Wildman–Crippen LogP) is 3.27. The first-order chi connectivity index (χ1) is 8.06. The highest BCUT2D eigenvalue weighted by Crippen LogP contribution is 2.40. The fraction of sp³-hybridized carbons (Fsp3) is 0.400. The average Bonchev–Trinajstić information content (AvgIpc) is 2.83. The molecule has 2 rings (SSSR count). The van der Waals surface area contributed by atoms with Crippen LogP contribution >= 0.6 is 34.7 Å². The fourth-order valence-electron chi connectivity index (χ4n) is 1.34. The van der Waals surface area contributed by atoms with Crippen molar-refractivity contribution >= 4 is 34.7 Å². The predicted molar refractivity (Wildman–Crippen MR) is 70.6 cm³/mol. The molecule has 0 fully saturated rings. The second kappa shape index (κ2) is 5.39. The summed E-state index contributed by atoms with van der Waals surface area (Å²) in [7, 11) is 0. The molecule has 2 aromatic rings. The number of rotatable bonds is 4. The molecule has 0 bridgehead atoms. The monoisotopic (exact) mass is 289 g/mol. The number of thiophene rings is 1. The minimum absolute atomic E-state index is 0.0260. The van der Waals surface area contributed by atoms with Crippen molar-refractivity contribution in [1.29, 1.82) is 0 Å². The van der Waals surface area contributed by atoms with Gasteiger partial charge >= 0.3 is 0 Å². The molecule has 7 heteroatoms. The van der Waals surface area contributed by atoms with Crippen LogP contribution < -0.4 is 5.73 Å². The van der Waals surface area contributed by atoms with Crippen LogP contribution in [-0.4, -0.2) is 16.2 Å². The Labute approximate surface area is 113 Å². The Morgan fingerprint density at radius 3 is 2.71 bits per heavy atom. The van der Waals surface area contributed by atoms with E-state index in [0.717, 1.165) is 9.21 Å². The summed E-state index contributed by atoms with van der Waals surface area (Å²) in [6, 6.07) is 3.83. The molecule has 0 amide bonds. The second-order valence-electron chi connectivity index (χ2n) is 3.63. The van der Waals surface area contributed by atoms with E-state index < -0.39 is 0 Å². The number of aryl methyl sites for hydroxylation is 1. The van der Waals surface area contributed by atoms with Gasteiger partial charge < -0.3 is 10.2 Å². The molecule has 17 heavy (non-hydrogen) atoms. The van der Waals surface area contributed by atoms with Gasteiger partial charge in [0.1, 0.15) is 0 Å². The molecular formula is C10H12ClN3OS2. The number of nitrogens with zero attached hydrogens (tertiary/aromatic N) is 2. The quantitative estimate of drug-likeness (QED) is 0.875. The van der Waals surface area contributed by atoms with Gasteiger partial charge in [0.15, 0.2) is 0 Å². The Morgan fingerprint density at radius 2 is 2.24 bits per heavy atom. The van der Waals surface area contributed by atoms with E-state index in [0.29, 0.717) is 11.1 Å². The summed E-state index contributed by atoms with van der Waals surface area (Å²) in [6.07, 6.45) is 0. The van der Waals surface area contributed by atoms with Gasteiger partial charge in [0.2, 0.25) is 5.89 Å². The molecule has 0 saturated carbocycles. The lowest BCUT2D eigenvalue weighted by Crippen LogP contribution is -2.21. The highest BCUT2D eigenvalue weighted by atomic mass is 35.5. The number of hydrogen-bond acceptors (Lipinski definition) is 6. The van der Waals surface area contributed by atoms with Crippen LogP contribution in [0.1, 0.15) is 22.9 Å². The van der Waals surface area contributed by atoms with E-state index in [1.54, 1.807) is 6.92 Å². The maximum atomic E-state index is 5.99. The maximum Gasteiger partial charge on any atom is 0.277 e. The normalized spacial score (nSPS) is 14.8.